The van der Waals surface area contributed by atoms with E-state index in [1.165, 1.54) is 11.9 Å². The Balaban J connectivity index is 1.70. The molecule has 3 atom stereocenters. The predicted octanol–water partition coefficient (Wildman–Crippen LogP) is 4.30. The molecular formula is C28H29Cl2N5O3. The van der Waals surface area contributed by atoms with Crippen LogP contribution in [0.15, 0.2) is 59.7 Å². The summed E-state index contributed by atoms with van der Waals surface area (Å²) in [7, 11) is 0. The summed E-state index contributed by atoms with van der Waals surface area (Å²) in [5.74, 6) is -0.206. The van der Waals surface area contributed by atoms with Gasteiger partial charge in [-0.05, 0) is 41.8 Å². The molecule has 10 heteroatoms. The lowest BCUT2D eigenvalue weighted by molar-refractivity contribution is -0.136. The number of rotatable bonds is 6. The van der Waals surface area contributed by atoms with Gasteiger partial charge in [-0.3, -0.25) is 14.4 Å². The van der Waals surface area contributed by atoms with Crippen molar-refractivity contribution in [3.63, 3.8) is 0 Å². The van der Waals surface area contributed by atoms with Crippen LogP contribution >= 0.6 is 23.2 Å². The van der Waals surface area contributed by atoms with Crippen LogP contribution in [0, 0.1) is 0 Å². The fourth-order valence-electron chi connectivity index (χ4n) is 6.05. The number of nitrogens with zero attached hydrogens (tertiary/aromatic N) is 3. The molecule has 1 fully saturated rings. The molecule has 3 aliphatic rings. The monoisotopic (exact) mass is 553 g/mol. The van der Waals surface area contributed by atoms with Crippen molar-refractivity contribution in [1.82, 2.24) is 15.2 Å². The molecule has 2 N–H and O–H groups in total. The summed E-state index contributed by atoms with van der Waals surface area (Å²) >= 11 is 12.8. The zero-order valence-electron chi connectivity index (χ0n) is 21.3. The van der Waals surface area contributed by atoms with Gasteiger partial charge < -0.3 is 15.5 Å². The Bertz CT molecular complexity index is 1380. The molecule has 38 heavy (non-hydrogen) atoms. The summed E-state index contributed by atoms with van der Waals surface area (Å²) in [4.78, 5) is 40.7. The Morgan fingerprint density at radius 1 is 1.21 bits per heavy atom. The highest BCUT2D eigenvalue weighted by Crippen LogP contribution is 2.57. The third-order valence-electron chi connectivity index (χ3n) is 7.68. The number of carbonyl (C=O) groups is 3. The highest BCUT2D eigenvalue weighted by atomic mass is 35.5. The van der Waals surface area contributed by atoms with E-state index in [-0.39, 0.29) is 36.7 Å². The second-order valence-electron chi connectivity index (χ2n) is 9.88. The minimum absolute atomic E-state index is 0.0445. The maximum Gasteiger partial charge on any atom is 0.262 e. The summed E-state index contributed by atoms with van der Waals surface area (Å²) in [5.41, 5.74) is 2.10. The number of halogens is 2. The number of hydrogen-bond acceptors (Lipinski definition) is 5. The summed E-state index contributed by atoms with van der Waals surface area (Å²) in [6, 6.07) is 12.5. The smallest absolute Gasteiger partial charge is 0.262 e. The van der Waals surface area contributed by atoms with Crippen LogP contribution in [0.1, 0.15) is 43.7 Å². The molecular weight excluding hydrogens is 525 g/mol. The SMILES string of the molecule is C=C(CC)[C@H]1N2CC(=O)N(CCNC(C)=O)N=C2C[C@@H](c2cccc(Cl)c2)C12C(=O)Nc1cc(Cl)ccc12. The van der Waals surface area contributed by atoms with E-state index in [0.717, 1.165) is 16.7 Å². The molecule has 0 aromatic heterocycles. The Labute approximate surface area is 231 Å². The van der Waals surface area contributed by atoms with Gasteiger partial charge in [0.2, 0.25) is 11.8 Å². The Kier molecular flexibility index (Phi) is 6.96. The van der Waals surface area contributed by atoms with Gasteiger partial charge in [-0.1, -0.05) is 60.5 Å². The van der Waals surface area contributed by atoms with Crippen molar-refractivity contribution in [3.05, 3.63) is 75.8 Å². The van der Waals surface area contributed by atoms with Crippen LogP contribution < -0.4 is 10.6 Å². The van der Waals surface area contributed by atoms with E-state index in [1.54, 1.807) is 18.2 Å². The predicted molar refractivity (Wildman–Crippen MR) is 148 cm³/mol. The molecule has 1 saturated heterocycles. The molecule has 0 radical (unpaired) electrons. The summed E-state index contributed by atoms with van der Waals surface area (Å²) < 4.78 is 0. The Morgan fingerprint density at radius 2 is 1.97 bits per heavy atom. The number of nitrogens with one attached hydrogen (secondary N) is 2. The maximum absolute atomic E-state index is 14.2. The first-order valence-electron chi connectivity index (χ1n) is 12.6. The number of carbonyl (C=O) groups excluding carboxylic acids is 3. The van der Waals surface area contributed by atoms with Crippen LogP contribution in [-0.2, 0) is 19.8 Å². The quantitative estimate of drug-likeness (QED) is 0.521. The summed E-state index contributed by atoms with van der Waals surface area (Å²) in [6.45, 7) is 8.41. The molecule has 1 spiro atoms. The van der Waals surface area contributed by atoms with Crippen LogP contribution in [0.2, 0.25) is 10.0 Å². The highest BCUT2D eigenvalue weighted by Gasteiger charge is 2.63. The lowest BCUT2D eigenvalue weighted by Crippen LogP contribution is -2.66. The molecule has 1 unspecified atom stereocenters. The van der Waals surface area contributed by atoms with Crippen LogP contribution in [0.25, 0.3) is 0 Å². The first-order valence-corrected chi connectivity index (χ1v) is 13.4. The third-order valence-corrected chi connectivity index (χ3v) is 8.15. The average Bonchev–Trinajstić information content (AvgIpc) is 3.14. The number of hydrazone groups is 1. The fraction of sp³-hybridized carbons (Fsp3) is 0.357. The van der Waals surface area contributed by atoms with Crippen molar-refractivity contribution in [1.29, 1.82) is 0 Å². The van der Waals surface area contributed by atoms with E-state index in [0.29, 0.717) is 41.0 Å². The Hall–Kier alpha value is -3.36. The molecule has 5 rings (SSSR count). The van der Waals surface area contributed by atoms with Crippen molar-refractivity contribution in [2.75, 3.05) is 25.0 Å². The van der Waals surface area contributed by atoms with Crippen LogP contribution in [-0.4, -0.2) is 59.1 Å². The van der Waals surface area contributed by atoms with Gasteiger partial charge >= 0.3 is 0 Å². The molecule has 2 aromatic rings. The minimum atomic E-state index is -1.09. The van der Waals surface area contributed by atoms with Gasteiger partial charge in [0.05, 0.1) is 12.6 Å². The van der Waals surface area contributed by atoms with E-state index in [4.69, 9.17) is 28.3 Å². The number of anilines is 1. The van der Waals surface area contributed by atoms with E-state index >= 15 is 0 Å². The van der Waals surface area contributed by atoms with E-state index in [9.17, 15) is 14.4 Å². The van der Waals surface area contributed by atoms with E-state index < -0.39 is 11.5 Å². The van der Waals surface area contributed by atoms with Gasteiger partial charge in [-0.2, -0.15) is 5.10 Å². The molecule has 198 valence electrons. The van der Waals surface area contributed by atoms with Crippen LogP contribution in [0.3, 0.4) is 0 Å². The van der Waals surface area contributed by atoms with Crippen molar-refractivity contribution in [2.24, 2.45) is 5.10 Å². The Morgan fingerprint density at radius 3 is 2.68 bits per heavy atom. The van der Waals surface area contributed by atoms with Gasteiger partial charge in [0, 0.05) is 41.5 Å². The third kappa shape index (κ3) is 4.25. The number of hydrogen-bond donors (Lipinski definition) is 2. The van der Waals surface area contributed by atoms with Crippen molar-refractivity contribution >= 4 is 52.4 Å². The van der Waals surface area contributed by atoms with Gasteiger partial charge in [-0.25, -0.2) is 5.01 Å². The number of fused-ring (bicyclic) bond motifs is 3. The molecule has 0 aliphatic carbocycles. The van der Waals surface area contributed by atoms with E-state index in [2.05, 4.69) is 17.2 Å². The molecule has 0 saturated carbocycles. The largest absolute Gasteiger partial charge is 0.354 e. The normalized spacial score (nSPS) is 24.1. The number of piperidine rings is 1. The molecule has 3 heterocycles. The number of amides is 3. The summed E-state index contributed by atoms with van der Waals surface area (Å²) in [6.07, 6.45) is 1.00. The second kappa shape index (κ2) is 10.1. The van der Waals surface area contributed by atoms with Crippen molar-refractivity contribution in [3.8, 4) is 0 Å². The average molecular weight is 554 g/mol. The van der Waals surface area contributed by atoms with Crippen LogP contribution in [0.4, 0.5) is 5.69 Å². The van der Waals surface area contributed by atoms with Gasteiger partial charge in [0.15, 0.2) is 0 Å². The molecule has 3 amide bonds. The van der Waals surface area contributed by atoms with Crippen molar-refractivity contribution in [2.45, 2.75) is 44.1 Å². The lowest BCUT2D eigenvalue weighted by Gasteiger charge is -2.54. The molecule has 0 bridgehead atoms. The summed E-state index contributed by atoms with van der Waals surface area (Å²) in [5, 5.41) is 13.0. The topological polar surface area (TPSA) is 94.1 Å². The first-order chi connectivity index (χ1) is 18.2. The second-order valence-corrected chi connectivity index (χ2v) is 10.8. The standard InChI is InChI=1S/C28H29Cl2N5O3/c1-4-16(2)26-28(21-9-8-20(30)13-23(21)32-27(28)38)22(18-6-5-7-19(29)12-18)14-24-33-35(11-10-31-17(3)36)25(37)15-34(24)26/h5-9,12-13,22,26H,2,4,10-11,14-15H2,1,3H3,(H,31,36)(H,32,38)/t22-,26+,28?/m0/s1. The van der Waals surface area contributed by atoms with Crippen LogP contribution in [0.5, 0.6) is 0 Å². The lowest BCUT2D eigenvalue weighted by atomic mass is 9.58. The maximum atomic E-state index is 14.2. The number of benzene rings is 2. The zero-order chi connectivity index (χ0) is 27.2. The van der Waals surface area contributed by atoms with Gasteiger partial charge in [0.25, 0.3) is 5.91 Å². The highest BCUT2D eigenvalue weighted by molar-refractivity contribution is 6.31. The van der Waals surface area contributed by atoms with Gasteiger partial charge in [-0.15, -0.1) is 0 Å². The fourth-order valence-corrected chi connectivity index (χ4v) is 6.42. The molecule has 3 aliphatic heterocycles. The minimum Gasteiger partial charge on any atom is -0.354 e. The zero-order valence-corrected chi connectivity index (χ0v) is 22.8. The van der Waals surface area contributed by atoms with Crippen molar-refractivity contribution < 1.29 is 14.4 Å². The van der Waals surface area contributed by atoms with E-state index in [1.807, 2.05) is 36.1 Å². The number of amidine groups is 1. The molecule has 8 nitrogen and oxygen atoms in total. The first kappa shape index (κ1) is 26.3. The molecule has 2 aromatic carbocycles. The van der Waals surface area contributed by atoms with Gasteiger partial charge in [0.1, 0.15) is 17.8 Å².